The third-order valence-electron chi connectivity index (χ3n) is 12.6. The summed E-state index contributed by atoms with van der Waals surface area (Å²) in [6.07, 6.45) is 6.65. The topological polar surface area (TPSA) is 99.7 Å². The largest absolute Gasteiger partial charge is 0.481 e. The van der Waals surface area contributed by atoms with Gasteiger partial charge in [0, 0.05) is 67.1 Å². The molecule has 9 aromatic rings. The molecule has 0 amide bonds. The smallest absolute Gasteiger partial charge is 0.164 e. The third kappa shape index (κ3) is 4.89. The van der Waals surface area contributed by atoms with Gasteiger partial charge in [0.05, 0.1) is 0 Å². The molecule has 278 valence electrons. The summed E-state index contributed by atoms with van der Waals surface area (Å²) in [6, 6.07) is 50.9. The Morgan fingerprint density at radius 1 is 0.475 bits per heavy atom. The summed E-state index contributed by atoms with van der Waals surface area (Å²) in [5.41, 5.74) is 8.93. The molecule has 3 atom stereocenters. The second-order valence-electron chi connectivity index (χ2n) is 16.0. The lowest BCUT2D eigenvalue weighted by Crippen LogP contribution is -2.19. The number of hydrogen-bond acceptors (Lipinski definition) is 8. The molecule has 0 N–H and O–H groups in total. The molecular weight excluding hydrogens is 729 g/mol. The van der Waals surface area contributed by atoms with Crippen LogP contribution in [0.5, 0.6) is 5.75 Å². The van der Waals surface area contributed by atoms with E-state index in [2.05, 4.69) is 42.5 Å². The summed E-state index contributed by atoms with van der Waals surface area (Å²) in [6.45, 7) is 0. The van der Waals surface area contributed by atoms with Crippen molar-refractivity contribution in [2.24, 2.45) is 11.3 Å². The second kappa shape index (κ2) is 12.0. The van der Waals surface area contributed by atoms with Crippen molar-refractivity contribution in [3.63, 3.8) is 0 Å². The lowest BCUT2D eigenvalue weighted by atomic mass is 9.92. The van der Waals surface area contributed by atoms with E-state index in [0.717, 1.165) is 85.1 Å². The molecule has 2 saturated carbocycles. The van der Waals surface area contributed by atoms with Gasteiger partial charge in [0.15, 0.2) is 34.9 Å². The van der Waals surface area contributed by atoms with Gasteiger partial charge in [-0.2, -0.15) is 0 Å². The van der Waals surface area contributed by atoms with Crippen LogP contribution in [0, 0.1) is 11.3 Å². The molecule has 2 spiro atoms. The molecule has 3 aromatic heterocycles. The molecule has 0 saturated heterocycles. The van der Waals surface area contributed by atoms with E-state index >= 15 is 0 Å². The van der Waals surface area contributed by atoms with Crippen molar-refractivity contribution in [3.8, 4) is 62.7 Å². The van der Waals surface area contributed by atoms with Crippen molar-refractivity contribution in [2.75, 3.05) is 0 Å². The molecule has 13 rings (SSSR count). The van der Waals surface area contributed by atoms with Crippen molar-refractivity contribution in [2.45, 2.75) is 18.4 Å². The molecule has 3 aliphatic carbocycles. The van der Waals surface area contributed by atoms with Crippen LogP contribution in [0.3, 0.4) is 0 Å². The maximum Gasteiger partial charge on any atom is 0.164 e. The summed E-state index contributed by atoms with van der Waals surface area (Å²) in [5, 5.41) is 2.07. The van der Waals surface area contributed by atoms with Gasteiger partial charge in [0.2, 0.25) is 0 Å². The fourth-order valence-electron chi connectivity index (χ4n) is 9.53. The number of para-hydroxylation sites is 1. The minimum absolute atomic E-state index is 0.0774. The number of nitrogens with zero attached hydrogens (tertiary/aromatic N) is 6. The molecule has 8 nitrogen and oxygen atoms in total. The average molecular weight is 761 g/mol. The Morgan fingerprint density at radius 3 is 1.64 bits per heavy atom. The second-order valence-corrected chi connectivity index (χ2v) is 16.0. The SMILES string of the molecule is C1=C[C@H]2C[C@@]23C[C@@]32Oc3ccc(-c4nc(-c5ccccc5)nc(-c5ccc6oc7ccccc7c6c5)n4)cc3C2=C1c1nc(-c2ccccc2)nc(-c2ccccc2)n1. The lowest BCUT2D eigenvalue weighted by Gasteiger charge is -2.16. The van der Waals surface area contributed by atoms with E-state index in [1.54, 1.807) is 0 Å². The molecule has 8 heteroatoms. The summed E-state index contributed by atoms with van der Waals surface area (Å²) < 4.78 is 13.3. The van der Waals surface area contributed by atoms with Crippen LogP contribution in [0.2, 0.25) is 0 Å². The van der Waals surface area contributed by atoms with E-state index in [1.807, 2.05) is 121 Å². The summed E-state index contributed by atoms with van der Waals surface area (Å²) >= 11 is 0. The monoisotopic (exact) mass is 760 g/mol. The molecule has 4 aliphatic rings. The van der Waals surface area contributed by atoms with E-state index in [-0.39, 0.29) is 5.41 Å². The molecule has 0 bridgehead atoms. The zero-order valence-electron chi connectivity index (χ0n) is 31.6. The number of furan rings is 1. The number of hydrogen-bond donors (Lipinski definition) is 0. The molecule has 1 aliphatic heterocycles. The lowest BCUT2D eigenvalue weighted by molar-refractivity contribution is 0.230. The summed E-state index contributed by atoms with van der Waals surface area (Å²) in [7, 11) is 0. The molecule has 4 heterocycles. The summed E-state index contributed by atoms with van der Waals surface area (Å²) in [5.74, 6) is 4.95. The zero-order chi connectivity index (χ0) is 38.7. The van der Waals surface area contributed by atoms with Crippen LogP contribution in [0.15, 0.2) is 168 Å². The van der Waals surface area contributed by atoms with Crippen LogP contribution in [0.4, 0.5) is 0 Å². The Bertz CT molecular complexity index is 3210. The number of ether oxygens (including phenoxy) is 1. The number of benzene rings is 6. The first-order valence-electron chi connectivity index (χ1n) is 20.0. The first-order chi connectivity index (χ1) is 29.1. The molecule has 0 radical (unpaired) electrons. The summed E-state index contributed by atoms with van der Waals surface area (Å²) in [4.78, 5) is 30.7. The Morgan fingerprint density at radius 2 is 1.00 bits per heavy atom. The number of fused-ring (bicyclic) bond motifs is 5. The Hall–Kier alpha value is -7.58. The van der Waals surface area contributed by atoms with Gasteiger partial charge in [-0.15, -0.1) is 0 Å². The van der Waals surface area contributed by atoms with Crippen LogP contribution >= 0.6 is 0 Å². The van der Waals surface area contributed by atoms with Gasteiger partial charge in [0.25, 0.3) is 0 Å². The van der Waals surface area contributed by atoms with Crippen LogP contribution < -0.4 is 4.74 Å². The fraction of sp³-hybridized carbons (Fsp3) is 0.0980. The maximum atomic E-state index is 7.09. The van der Waals surface area contributed by atoms with Crippen molar-refractivity contribution < 1.29 is 9.15 Å². The molecule has 2 fully saturated rings. The normalized spacial score (nSPS) is 20.7. The van der Waals surface area contributed by atoms with Gasteiger partial charge in [-0.1, -0.05) is 121 Å². The maximum absolute atomic E-state index is 7.09. The minimum Gasteiger partial charge on any atom is -0.481 e. The fourth-order valence-corrected chi connectivity index (χ4v) is 9.53. The van der Waals surface area contributed by atoms with E-state index in [9.17, 15) is 0 Å². The molecule has 0 unspecified atom stereocenters. The van der Waals surface area contributed by atoms with Gasteiger partial charge in [-0.05, 0) is 54.8 Å². The van der Waals surface area contributed by atoms with Crippen molar-refractivity contribution in [1.82, 2.24) is 29.9 Å². The first-order valence-corrected chi connectivity index (χ1v) is 20.0. The average Bonchev–Trinajstić information content (AvgIpc) is 4.07. The number of allylic oxidation sites excluding steroid dienone is 3. The van der Waals surface area contributed by atoms with E-state index < -0.39 is 5.60 Å². The molecule has 6 aromatic carbocycles. The van der Waals surface area contributed by atoms with Gasteiger partial charge in [-0.25, -0.2) is 29.9 Å². The third-order valence-corrected chi connectivity index (χ3v) is 12.6. The Labute approximate surface area is 338 Å². The van der Waals surface area contributed by atoms with Gasteiger partial charge < -0.3 is 9.15 Å². The minimum atomic E-state index is -0.452. The van der Waals surface area contributed by atoms with Crippen molar-refractivity contribution in [1.29, 1.82) is 0 Å². The number of rotatable bonds is 6. The predicted molar refractivity (Wildman–Crippen MR) is 229 cm³/mol. The highest BCUT2D eigenvalue weighted by molar-refractivity contribution is 6.06. The Kier molecular flexibility index (Phi) is 6.59. The van der Waals surface area contributed by atoms with E-state index in [1.165, 1.54) is 0 Å². The highest BCUT2D eigenvalue weighted by atomic mass is 16.5. The van der Waals surface area contributed by atoms with Gasteiger partial charge in [-0.3, -0.25) is 0 Å². The van der Waals surface area contributed by atoms with Crippen LogP contribution in [-0.4, -0.2) is 35.5 Å². The highest BCUT2D eigenvalue weighted by Gasteiger charge is 2.85. The molecule has 59 heavy (non-hydrogen) atoms. The van der Waals surface area contributed by atoms with Crippen LogP contribution in [0.1, 0.15) is 24.2 Å². The van der Waals surface area contributed by atoms with Gasteiger partial charge >= 0.3 is 0 Å². The Balaban J connectivity index is 1.00. The van der Waals surface area contributed by atoms with Gasteiger partial charge in [0.1, 0.15) is 22.5 Å². The predicted octanol–water partition coefficient (Wildman–Crippen LogP) is 11.3. The van der Waals surface area contributed by atoms with E-state index in [4.69, 9.17) is 39.1 Å². The quantitative estimate of drug-likeness (QED) is 0.165. The molecular formula is C51H32N6O2. The van der Waals surface area contributed by atoms with Crippen molar-refractivity contribution in [3.05, 3.63) is 175 Å². The number of aromatic nitrogens is 6. The van der Waals surface area contributed by atoms with E-state index in [0.29, 0.717) is 40.9 Å². The van der Waals surface area contributed by atoms with Crippen LogP contribution in [0.25, 0.3) is 90.0 Å². The van der Waals surface area contributed by atoms with Crippen molar-refractivity contribution >= 4 is 33.1 Å². The van der Waals surface area contributed by atoms with Crippen LogP contribution in [-0.2, 0) is 0 Å². The first kappa shape index (κ1) is 32.5. The zero-order valence-corrected chi connectivity index (χ0v) is 31.6. The highest BCUT2D eigenvalue weighted by Crippen LogP contribution is 2.84. The standard InChI is InChI=1S/C51H32N6O2/c1-4-12-30(13-5-1)44-53-47(33-20-24-41-38(26-33)36-18-10-11-19-40(36)58-41)55-48(54-44)34-21-25-42-39(27-34)43-37(23-22-35-28-50(35)29-51(43,50)59-42)49-56-45(31-14-6-2-7-15-31)52-46(57-49)32-16-8-3-9-17-32/h1-27,35H,28-29H2/t35-,50+,51-/m0/s1.